The number of rotatable bonds is 5. The summed E-state index contributed by atoms with van der Waals surface area (Å²) in [5.41, 5.74) is 4.83. The van der Waals surface area contributed by atoms with E-state index < -0.39 is 0 Å². The first-order valence-electron chi connectivity index (χ1n) is 11.0. The number of hydrogen-bond acceptors (Lipinski definition) is 2. The smallest absolute Gasteiger partial charge is 0.251 e. The molecule has 3 heteroatoms. The molecule has 1 amide bonds. The first-order chi connectivity index (χ1) is 13.8. The average Bonchev–Trinajstić information content (AvgIpc) is 3.36. The van der Waals surface area contributed by atoms with E-state index in [1.165, 1.54) is 36.1 Å². The highest BCUT2D eigenvalue weighted by molar-refractivity contribution is 5.95. The second-order valence-electron chi connectivity index (χ2n) is 8.88. The van der Waals surface area contributed by atoms with E-state index in [0.717, 1.165) is 36.8 Å². The molecule has 0 unspecified atom stereocenters. The van der Waals surface area contributed by atoms with Crippen molar-refractivity contribution in [2.75, 3.05) is 11.9 Å². The molecule has 0 spiro atoms. The summed E-state index contributed by atoms with van der Waals surface area (Å²) in [7, 11) is 0. The van der Waals surface area contributed by atoms with E-state index in [1.54, 1.807) is 0 Å². The van der Waals surface area contributed by atoms with Crippen LogP contribution in [-0.2, 0) is 0 Å². The van der Waals surface area contributed by atoms with Crippen LogP contribution in [0.3, 0.4) is 0 Å². The molecule has 2 saturated carbocycles. The van der Waals surface area contributed by atoms with Gasteiger partial charge in [0.1, 0.15) is 0 Å². The van der Waals surface area contributed by atoms with E-state index in [0.29, 0.717) is 17.9 Å². The SMILES string of the molecule is CCCCNC(=O)c1ccc2c(c1)[C@@H]1[C@H]3CC[C@@H](C3)[C@H]1[C@H](c1ccccc1)N2. The zero-order valence-electron chi connectivity index (χ0n) is 16.7. The Morgan fingerprint density at radius 2 is 1.93 bits per heavy atom. The highest BCUT2D eigenvalue weighted by Crippen LogP contribution is 2.63. The number of hydrogen-bond donors (Lipinski definition) is 2. The summed E-state index contributed by atoms with van der Waals surface area (Å²) in [6.07, 6.45) is 6.20. The van der Waals surface area contributed by atoms with Gasteiger partial charge < -0.3 is 10.6 Å². The number of carbonyl (C=O) groups excluding carboxylic acids is 1. The quantitative estimate of drug-likeness (QED) is 0.677. The third kappa shape index (κ3) is 2.92. The lowest BCUT2D eigenvalue weighted by Crippen LogP contribution is -2.35. The zero-order chi connectivity index (χ0) is 19.1. The maximum absolute atomic E-state index is 12.6. The lowest BCUT2D eigenvalue weighted by atomic mass is 9.68. The number of anilines is 1. The predicted molar refractivity (Wildman–Crippen MR) is 114 cm³/mol. The van der Waals surface area contributed by atoms with Gasteiger partial charge in [-0.3, -0.25) is 4.79 Å². The summed E-state index contributed by atoms with van der Waals surface area (Å²) in [4.78, 5) is 12.6. The second kappa shape index (κ2) is 7.27. The first-order valence-corrected chi connectivity index (χ1v) is 11.0. The molecule has 2 fully saturated rings. The Bertz CT molecular complexity index is 862. The molecule has 1 heterocycles. The van der Waals surface area contributed by atoms with Gasteiger partial charge in [0, 0.05) is 17.8 Å². The average molecular weight is 375 g/mol. The molecule has 5 atom stereocenters. The topological polar surface area (TPSA) is 41.1 Å². The number of amides is 1. The van der Waals surface area contributed by atoms with Crippen molar-refractivity contribution < 1.29 is 4.79 Å². The van der Waals surface area contributed by atoms with Gasteiger partial charge in [-0.1, -0.05) is 43.7 Å². The van der Waals surface area contributed by atoms with Crippen LogP contribution < -0.4 is 10.6 Å². The zero-order valence-corrected chi connectivity index (χ0v) is 16.7. The van der Waals surface area contributed by atoms with E-state index in [9.17, 15) is 4.79 Å². The summed E-state index contributed by atoms with van der Waals surface area (Å²) in [6.45, 7) is 2.91. The van der Waals surface area contributed by atoms with Crippen LogP contribution >= 0.6 is 0 Å². The minimum absolute atomic E-state index is 0.0705. The van der Waals surface area contributed by atoms with Crippen LogP contribution in [0, 0.1) is 17.8 Å². The standard InChI is InChI=1S/C25H30N2O/c1-2-3-13-26-25(28)19-11-12-21-20(15-19)22-17-9-10-18(14-17)23(22)24(27-21)16-7-5-4-6-8-16/h4-8,11-12,15,17-18,22-24,27H,2-3,9-10,13-14H2,1H3,(H,26,28)/t17-,18-,22-,23+,24-/m0/s1. The molecule has 1 aliphatic heterocycles. The first kappa shape index (κ1) is 17.8. The van der Waals surface area contributed by atoms with Gasteiger partial charge in [-0.05, 0) is 78.7 Å². The number of benzene rings is 2. The highest BCUT2D eigenvalue weighted by Gasteiger charge is 2.53. The van der Waals surface area contributed by atoms with Crippen LogP contribution in [0.4, 0.5) is 5.69 Å². The van der Waals surface area contributed by atoms with Crippen molar-refractivity contribution in [2.24, 2.45) is 17.8 Å². The Morgan fingerprint density at radius 1 is 1.11 bits per heavy atom. The Kier molecular flexibility index (Phi) is 4.62. The van der Waals surface area contributed by atoms with Crippen LogP contribution in [0.25, 0.3) is 0 Å². The normalized spacial score (nSPS) is 29.7. The molecule has 2 aromatic carbocycles. The summed E-state index contributed by atoms with van der Waals surface area (Å²) < 4.78 is 0. The van der Waals surface area contributed by atoms with Gasteiger partial charge in [-0.2, -0.15) is 0 Å². The largest absolute Gasteiger partial charge is 0.378 e. The van der Waals surface area contributed by atoms with Gasteiger partial charge in [-0.25, -0.2) is 0 Å². The molecule has 3 nitrogen and oxygen atoms in total. The van der Waals surface area contributed by atoms with E-state index >= 15 is 0 Å². The highest BCUT2D eigenvalue weighted by atomic mass is 16.1. The Hall–Kier alpha value is -2.29. The van der Waals surface area contributed by atoms with Crippen LogP contribution in [0.1, 0.15) is 72.5 Å². The van der Waals surface area contributed by atoms with Crippen LogP contribution in [0.2, 0.25) is 0 Å². The predicted octanol–water partition coefficient (Wildman–Crippen LogP) is 5.51. The Morgan fingerprint density at radius 3 is 2.75 bits per heavy atom. The monoisotopic (exact) mass is 374 g/mol. The second-order valence-corrected chi connectivity index (χ2v) is 8.88. The van der Waals surface area contributed by atoms with E-state index in [2.05, 4.69) is 60.0 Å². The van der Waals surface area contributed by atoms with Crippen molar-refractivity contribution in [3.8, 4) is 0 Å². The molecule has 2 aliphatic carbocycles. The number of nitrogens with one attached hydrogen (secondary N) is 2. The third-order valence-electron chi connectivity index (χ3n) is 7.32. The lowest BCUT2D eigenvalue weighted by Gasteiger charge is -2.43. The minimum Gasteiger partial charge on any atom is -0.378 e. The fraction of sp³-hybridized carbons (Fsp3) is 0.480. The number of unbranched alkanes of at least 4 members (excludes halogenated alkanes) is 1. The molecule has 28 heavy (non-hydrogen) atoms. The van der Waals surface area contributed by atoms with Gasteiger partial charge in [0.15, 0.2) is 0 Å². The van der Waals surface area contributed by atoms with E-state index in [1.807, 2.05) is 6.07 Å². The van der Waals surface area contributed by atoms with Gasteiger partial charge in [0.05, 0.1) is 6.04 Å². The molecule has 0 radical (unpaired) electrons. The molecule has 2 bridgehead atoms. The van der Waals surface area contributed by atoms with Crippen molar-refractivity contribution >= 4 is 11.6 Å². The number of carbonyl (C=O) groups is 1. The van der Waals surface area contributed by atoms with Crippen molar-refractivity contribution in [3.63, 3.8) is 0 Å². The van der Waals surface area contributed by atoms with Crippen LogP contribution in [0.5, 0.6) is 0 Å². The minimum atomic E-state index is 0.0705. The Balaban J connectivity index is 1.49. The van der Waals surface area contributed by atoms with Crippen molar-refractivity contribution in [1.82, 2.24) is 5.32 Å². The molecular formula is C25H30N2O. The summed E-state index contributed by atoms with van der Waals surface area (Å²) in [6, 6.07) is 17.6. The van der Waals surface area contributed by atoms with Gasteiger partial charge in [0.25, 0.3) is 5.91 Å². The Labute approximate surface area is 167 Å². The molecular weight excluding hydrogens is 344 g/mol. The summed E-state index contributed by atoms with van der Waals surface area (Å²) >= 11 is 0. The lowest BCUT2D eigenvalue weighted by molar-refractivity contribution is 0.0953. The maximum Gasteiger partial charge on any atom is 0.251 e. The van der Waals surface area contributed by atoms with Crippen molar-refractivity contribution in [1.29, 1.82) is 0 Å². The maximum atomic E-state index is 12.6. The fourth-order valence-corrected chi connectivity index (χ4v) is 6.10. The van der Waals surface area contributed by atoms with Gasteiger partial charge >= 0.3 is 0 Å². The van der Waals surface area contributed by atoms with E-state index in [-0.39, 0.29) is 5.91 Å². The van der Waals surface area contributed by atoms with Crippen LogP contribution in [0.15, 0.2) is 48.5 Å². The molecule has 0 aromatic heterocycles. The fourth-order valence-electron chi connectivity index (χ4n) is 6.10. The summed E-state index contributed by atoms with van der Waals surface area (Å²) in [5.74, 6) is 2.89. The van der Waals surface area contributed by atoms with Gasteiger partial charge in [0.2, 0.25) is 0 Å². The summed E-state index contributed by atoms with van der Waals surface area (Å²) in [5, 5.41) is 6.93. The van der Waals surface area contributed by atoms with E-state index in [4.69, 9.17) is 0 Å². The molecule has 0 saturated heterocycles. The van der Waals surface area contributed by atoms with Gasteiger partial charge in [-0.15, -0.1) is 0 Å². The van der Waals surface area contributed by atoms with Crippen LogP contribution in [-0.4, -0.2) is 12.5 Å². The molecule has 5 rings (SSSR count). The molecule has 2 N–H and O–H groups in total. The third-order valence-corrected chi connectivity index (χ3v) is 7.32. The van der Waals surface area contributed by atoms with Crippen molar-refractivity contribution in [2.45, 2.75) is 51.0 Å². The molecule has 3 aliphatic rings. The molecule has 146 valence electrons. The number of fused-ring (bicyclic) bond motifs is 7. The van der Waals surface area contributed by atoms with Crippen molar-refractivity contribution in [3.05, 3.63) is 65.2 Å². The molecule has 2 aromatic rings.